The number of carboxylic acids is 1. The van der Waals surface area contributed by atoms with Crippen LogP contribution in [0, 0.1) is 5.92 Å². The lowest BCUT2D eigenvalue weighted by Gasteiger charge is -2.15. The van der Waals surface area contributed by atoms with Crippen LogP contribution < -0.4 is 0 Å². The van der Waals surface area contributed by atoms with Crippen molar-refractivity contribution >= 4 is 17.3 Å². The summed E-state index contributed by atoms with van der Waals surface area (Å²) in [5, 5.41) is 22.1. The predicted molar refractivity (Wildman–Crippen MR) is 50.7 cm³/mol. The number of carboxylic acid groups (broad SMARTS) is 1. The standard InChI is InChI=1S/C9H12O3S/c1-2-7(9(11)12)8(10)6-3-4-13-5-6/h3-5,7-8,10H,2H2,1H3,(H,11,12). The molecular weight excluding hydrogens is 188 g/mol. The molecule has 0 aromatic carbocycles. The van der Waals surface area contributed by atoms with Crippen LogP contribution in [0.1, 0.15) is 25.0 Å². The number of carbonyl (C=O) groups is 1. The quantitative estimate of drug-likeness (QED) is 0.780. The first-order valence-electron chi connectivity index (χ1n) is 4.09. The van der Waals surface area contributed by atoms with Crippen LogP contribution >= 0.6 is 11.3 Å². The predicted octanol–water partition coefficient (Wildman–Crippen LogP) is 1.89. The molecule has 2 atom stereocenters. The minimum absolute atomic E-state index is 0.437. The lowest BCUT2D eigenvalue weighted by molar-refractivity contribution is -0.146. The number of hydrogen-bond acceptors (Lipinski definition) is 3. The second kappa shape index (κ2) is 4.39. The number of aliphatic carboxylic acids is 1. The van der Waals surface area contributed by atoms with Gasteiger partial charge in [-0.1, -0.05) is 6.92 Å². The second-order valence-electron chi connectivity index (χ2n) is 2.85. The molecule has 0 aliphatic rings. The summed E-state index contributed by atoms with van der Waals surface area (Å²) in [4.78, 5) is 10.7. The topological polar surface area (TPSA) is 57.5 Å². The maximum Gasteiger partial charge on any atom is 0.309 e. The first-order valence-corrected chi connectivity index (χ1v) is 5.04. The van der Waals surface area contributed by atoms with Gasteiger partial charge in [0.05, 0.1) is 12.0 Å². The minimum Gasteiger partial charge on any atom is -0.481 e. The van der Waals surface area contributed by atoms with E-state index in [1.165, 1.54) is 11.3 Å². The van der Waals surface area contributed by atoms with Crippen LogP contribution in [0.25, 0.3) is 0 Å². The van der Waals surface area contributed by atoms with Gasteiger partial charge in [-0.25, -0.2) is 0 Å². The molecule has 3 nitrogen and oxygen atoms in total. The molecule has 0 aliphatic carbocycles. The zero-order chi connectivity index (χ0) is 9.84. The Morgan fingerprint density at radius 2 is 2.38 bits per heavy atom. The van der Waals surface area contributed by atoms with Crippen LogP contribution in [-0.2, 0) is 4.79 Å². The molecule has 2 N–H and O–H groups in total. The highest BCUT2D eigenvalue weighted by Gasteiger charge is 2.25. The fourth-order valence-electron chi connectivity index (χ4n) is 1.21. The first-order chi connectivity index (χ1) is 6.16. The number of hydrogen-bond donors (Lipinski definition) is 2. The third-order valence-electron chi connectivity index (χ3n) is 2.02. The molecule has 0 bridgehead atoms. The van der Waals surface area contributed by atoms with Crippen LogP contribution in [-0.4, -0.2) is 16.2 Å². The monoisotopic (exact) mass is 200 g/mol. The highest BCUT2D eigenvalue weighted by atomic mass is 32.1. The summed E-state index contributed by atoms with van der Waals surface area (Å²) in [6.45, 7) is 1.76. The summed E-state index contributed by atoms with van der Waals surface area (Å²) >= 11 is 1.45. The summed E-state index contributed by atoms with van der Waals surface area (Å²) in [7, 11) is 0. The van der Waals surface area contributed by atoms with E-state index in [1.807, 2.05) is 5.38 Å². The van der Waals surface area contributed by atoms with Crippen molar-refractivity contribution in [2.24, 2.45) is 5.92 Å². The van der Waals surface area contributed by atoms with Crippen molar-refractivity contribution in [3.63, 3.8) is 0 Å². The smallest absolute Gasteiger partial charge is 0.309 e. The summed E-state index contributed by atoms with van der Waals surface area (Å²) in [5.74, 6) is -1.64. The van der Waals surface area contributed by atoms with Gasteiger partial charge in [0.1, 0.15) is 0 Å². The van der Waals surface area contributed by atoms with Crippen molar-refractivity contribution in [1.82, 2.24) is 0 Å². The zero-order valence-electron chi connectivity index (χ0n) is 7.30. The molecule has 72 valence electrons. The Bertz CT molecular complexity index is 268. The molecule has 4 heteroatoms. The molecule has 0 fully saturated rings. The zero-order valence-corrected chi connectivity index (χ0v) is 8.12. The van der Waals surface area contributed by atoms with Crippen LogP contribution in [0.15, 0.2) is 16.8 Å². The average Bonchev–Trinajstić information content (AvgIpc) is 2.56. The van der Waals surface area contributed by atoms with Gasteiger partial charge >= 0.3 is 5.97 Å². The molecule has 0 spiro atoms. The molecule has 1 rings (SSSR count). The Balaban J connectivity index is 2.76. The fraction of sp³-hybridized carbons (Fsp3) is 0.444. The third-order valence-corrected chi connectivity index (χ3v) is 2.72. The van der Waals surface area contributed by atoms with Gasteiger partial charge < -0.3 is 10.2 Å². The normalized spacial score (nSPS) is 15.2. The Labute approximate surface area is 80.6 Å². The van der Waals surface area contributed by atoms with Gasteiger partial charge in [-0.2, -0.15) is 11.3 Å². The lowest BCUT2D eigenvalue weighted by atomic mass is 9.95. The van der Waals surface area contributed by atoms with E-state index in [1.54, 1.807) is 18.4 Å². The molecule has 0 saturated heterocycles. The van der Waals surface area contributed by atoms with Gasteiger partial charge in [0.2, 0.25) is 0 Å². The second-order valence-corrected chi connectivity index (χ2v) is 3.63. The molecule has 13 heavy (non-hydrogen) atoms. The summed E-state index contributed by atoms with van der Waals surface area (Å²) < 4.78 is 0. The van der Waals surface area contributed by atoms with Crippen molar-refractivity contribution in [2.45, 2.75) is 19.4 Å². The maximum atomic E-state index is 10.7. The fourth-order valence-corrected chi connectivity index (χ4v) is 1.90. The molecular formula is C9H12O3S. The van der Waals surface area contributed by atoms with Crippen molar-refractivity contribution in [2.75, 3.05) is 0 Å². The van der Waals surface area contributed by atoms with E-state index >= 15 is 0 Å². The molecule has 0 saturated carbocycles. The van der Waals surface area contributed by atoms with Crippen LogP contribution in [0.5, 0.6) is 0 Å². The van der Waals surface area contributed by atoms with Crippen molar-refractivity contribution in [1.29, 1.82) is 0 Å². The van der Waals surface area contributed by atoms with Crippen molar-refractivity contribution in [3.8, 4) is 0 Å². The molecule has 0 radical (unpaired) electrons. The number of aliphatic hydroxyl groups excluding tert-OH is 1. The highest BCUT2D eigenvalue weighted by Crippen LogP contribution is 2.26. The molecule has 0 aliphatic heterocycles. The maximum absolute atomic E-state index is 10.7. The van der Waals surface area contributed by atoms with E-state index in [0.29, 0.717) is 12.0 Å². The molecule has 0 amide bonds. The minimum atomic E-state index is -0.943. The van der Waals surface area contributed by atoms with E-state index in [0.717, 1.165) is 0 Å². The van der Waals surface area contributed by atoms with Gasteiger partial charge in [-0.3, -0.25) is 4.79 Å². The average molecular weight is 200 g/mol. The van der Waals surface area contributed by atoms with Gasteiger partial charge in [-0.15, -0.1) is 0 Å². The number of aliphatic hydroxyl groups is 1. The lowest BCUT2D eigenvalue weighted by Crippen LogP contribution is -2.20. The van der Waals surface area contributed by atoms with E-state index in [4.69, 9.17) is 5.11 Å². The van der Waals surface area contributed by atoms with Gasteiger partial charge in [0.15, 0.2) is 0 Å². The van der Waals surface area contributed by atoms with E-state index in [-0.39, 0.29) is 0 Å². The summed E-state index contributed by atoms with van der Waals surface area (Å²) in [5.41, 5.74) is 0.694. The largest absolute Gasteiger partial charge is 0.481 e. The molecule has 1 heterocycles. The Morgan fingerprint density at radius 1 is 1.69 bits per heavy atom. The van der Waals surface area contributed by atoms with E-state index < -0.39 is 18.0 Å². The third kappa shape index (κ3) is 2.29. The van der Waals surface area contributed by atoms with Crippen molar-refractivity contribution in [3.05, 3.63) is 22.4 Å². The first kappa shape index (κ1) is 10.2. The molecule has 1 aromatic heterocycles. The van der Waals surface area contributed by atoms with Crippen LogP contribution in [0.4, 0.5) is 0 Å². The molecule has 2 unspecified atom stereocenters. The number of rotatable bonds is 4. The van der Waals surface area contributed by atoms with Crippen LogP contribution in [0.2, 0.25) is 0 Å². The highest BCUT2D eigenvalue weighted by molar-refractivity contribution is 7.07. The van der Waals surface area contributed by atoms with Gasteiger partial charge in [0, 0.05) is 0 Å². The van der Waals surface area contributed by atoms with E-state index in [9.17, 15) is 9.90 Å². The van der Waals surface area contributed by atoms with Crippen molar-refractivity contribution < 1.29 is 15.0 Å². The SMILES string of the molecule is CCC(C(=O)O)C(O)c1ccsc1. The van der Waals surface area contributed by atoms with E-state index in [2.05, 4.69) is 0 Å². The van der Waals surface area contributed by atoms with Gasteiger partial charge in [0.25, 0.3) is 0 Å². The summed E-state index contributed by atoms with van der Waals surface area (Å²) in [6.07, 6.45) is -0.444. The van der Waals surface area contributed by atoms with Crippen LogP contribution in [0.3, 0.4) is 0 Å². The number of thiophene rings is 1. The Hall–Kier alpha value is -0.870. The Morgan fingerprint density at radius 3 is 2.77 bits per heavy atom. The summed E-state index contributed by atoms with van der Waals surface area (Å²) in [6, 6.07) is 1.75. The Kier molecular flexibility index (Phi) is 3.45. The molecule has 1 aromatic rings. The van der Waals surface area contributed by atoms with Gasteiger partial charge in [-0.05, 0) is 28.8 Å².